The molecule has 6 nitrogen and oxygen atoms in total. The Bertz CT molecular complexity index is 1090. The number of nitriles is 1. The van der Waals surface area contributed by atoms with Crippen molar-refractivity contribution in [1.29, 1.82) is 5.26 Å². The molecule has 3 aromatic rings. The van der Waals surface area contributed by atoms with E-state index in [0.717, 1.165) is 35.2 Å². The number of hydrogen-bond donors (Lipinski definition) is 1. The molecule has 4 rings (SSSR count). The average Bonchev–Trinajstić information content (AvgIpc) is 3.20. The monoisotopic (exact) mass is 364 g/mol. The lowest BCUT2D eigenvalue weighted by molar-refractivity contribution is -0.116. The Balaban J connectivity index is 1.53. The highest BCUT2D eigenvalue weighted by Gasteiger charge is 2.21. The van der Waals surface area contributed by atoms with Crippen LogP contribution in [0.1, 0.15) is 22.4 Å². The van der Waals surface area contributed by atoms with Crippen LogP contribution in [-0.2, 0) is 30.6 Å². The minimum atomic E-state index is -0.284. The normalized spacial score (nSPS) is 12.7. The van der Waals surface area contributed by atoms with Gasteiger partial charge < -0.3 is 5.32 Å². The molecule has 0 bridgehead atoms. The molecule has 1 aliphatic carbocycles. The second-order valence-corrected chi connectivity index (χ2v) is 7.38. The zero-order chi connectivity index (χ0) is 18.1. The summed E-state index contributed by atoms with van der Waals surface area (Å²) in [5.74, 6) is -0.284. The first-order valence-electron chi connectivity index (χ1n) is 8.41. The number of nitrogens with one attached hydrogen (secondary N) is 1. The van der Waals surface area contributed by atoms with Crippen LogP contribution in [-0.4, -0.2) is 15.5 Å². The number of nitrogens with zero attached hydrogens (tertiary/aromatic N) is 3. The molecule has 130 valence electrons. The minimum absolute atomic E-state index is 0.0770. The number of aryl methyl sites for hydroxylation is 2. The smallest absolute Gasteiger partial charge is 0.262 e. The first-order valence-corrected chi connectivity index (χ1v) is 9.23. The van der Waals surface area contributed by atoms with Gasteiger partial charge in [0, 0.05) is 10.6 Å². The first-order chi connectivity index (χ1) is 12.7. The lowest BCUT2D eigenvalue weighted by Gasteiger charge is -2.08. The summed E-state index contributed by atoms with van der Waals surface area (Å²) in [5.41, 5.74) is 2.50. The van der Waals surface area contributed by atoms with Gasteiger partial charge in [-0.25, -0.2) is 4.98 Å². The Kier molecular flexibility index (Phi) is 4.27. The third-order valence-electron chi connectivity index (χ3n) is 4.53. The van der Waals surface area contributed by atoms with Crippen LogP contribution in [0, 0.1) is 11.3 Å². The Morgan fingerprint density at radius 2 is 2.12 bits per heavy atom. The van der Waals surface area contributed by atoms with E-state index >= 15 is 0 Å². The molecule has 0 atom stereocenters. The average molecular weight is 364 g/mol. The molecule has 0 saturated carbocycles. The molecule has 0 fully saturated rings. The van der Waals surface area contributed by atoms with Crippen LogP contribution >= 0.6 is 11.3 Å². The molecule has 0 saturated heterocycles. The number of carbonyl (C=O) groups excluding carboxylic acids is 1. The maximum absolute atomic E-state index is 12.8. The summed E-state index contributed by atoms with van der Waals surface area (Å²) in [6, 6.07) is 9.18. The lowest BCUT2D eigenvalue weighted by Crippen LogP contribution is -2.28. The molecule has 0 unspecified atom stereocenters. The van der Waals surface area contributed by atoms with E-state index in [4.69, 9.17) is 5.26 Å². The zero-order valence-electron chi connectivity index (χ0n) is 14.0. The van der Waals surface area contributed by atoms with Crippen LogP contribution < -0.4 is 10.9 Å². The maximum Gasteiger partial charge on any atom is 0.262 e. The zero-order valence-corrected chi connectivity index (χ0v) is 14.8. The Morgan fingerprint density at radius 3 is 2.88 bits per heavy atom. The molecule has 2 aromatic heterocycles. The van der Waals surface area contributed by atoms with Crippen molar-refractivity contribution in [3.8, 4) is 6.07 Å². The Morgan fingerprint density at radius 1 is 1.31 bits per heavy atom. The summed E-state index contributed by atoms with van der Waals surface area (Å²) < 4.78 is 1.37. The van der Waals surface area contributed by atoms with Crippen molar-refractivity contribution in [3.05, 3.63) is 57.0 Å². The van der Waals surface area contributed by atoms with Gasteiger partial charge in [0.05, 0.1) is 24.2 Å². The third-order valence-corrected chi connectivity index (χ3v) is 5.73. The number of anilines is 1. The van der Waals surface area contributed by atoms with Gasteiger partial charge in [0.15, 0.2) is 0 Å². The summed E-state index contributed by atoms with van der Waals surface area (Å²) in [4.78, 5) is 31.5. The molecule has 0 spiro atoms. The van der Waals surface area contributed by atoms with E-state index in [0.29, 0.717) is 17.5 Å². The topological polar surface area (TPSA) is 87.8 Å². The van der Waals surface area contributed by atoms with Crippen LogP contribution in [0.15, 0.2) is 35.4 Å². The number of amides is 1. The molecule has 7 heteroatoms. The predicted octanol–water partition coefficient (Wildman–Crippen LogP) is 2.65. The van der Waals surface area contributed by atoms with Gasteiger partial charge >= 0.3 is 0 Å². The molecular weight excluding hydrogens is 348 g/mol. The van der Waals surface area contributed by atoms with Crippen molar-refractivity contribution in [2.75, 3.05) is 5.32 Å². The fourth-order valence-corrected chi connectivity index (χ4v) is 4.50. The lowest BCUT2D eigenvalue weighted by atomic mass is 10.1. The number of hydrogen-bond acceptors (Lipinski definition) is 5. The SMILES string of the molecule is N#CCc1ccc(NC(=O)Cn2cnc3sc4c(c3c2=O)CCC4)cc1. The van der Waals surface area contributed by atoms with Gasteiger partial charge in [-0.1, -0.05) is 12.1 Å². The van der Waals surface area contributed by atoms with E-state index in [1.54, 1.807) is 35.6 Å². The highest BCUT2D eigenvalue weighted by molar-refractivity contribution is 7.18. The molecule has 1 aromatic carbocycles. The van der Waals surface area contributed by atoms with Gasteiger partial charge in [0.1, 0.15) is 11.4 Å². The first kappa shape index (κ1) is 16.5. The number of fused-ring (bicyclic) bond motifs is 3. The van der Waals surface area contributed by atoms with E-state index in [2.05, 4.69) is 16.4 Å². The van der Waals surface area contributed by atoms with Gasteiger partial charge in [-0.3, -0.25) is 14.2 Å². The largest absolute Gasteiger partial charge is 0.325 e. The molecule has 26 heavy (non-hydrogen) atoms. The molecule has 1 aliphatic rings. The van der Waals surface area contributed by atoms with Crippen molar-refractivity contribution >= 4 is 33.1 Å². The van der Waals surface area contributed by atoms with Crippen molar-refractivity contribution in [3.63, 3.8) is 0 Å². The van der Waals surface area contributed by atoms with Crippen LogP contribution in [0.2, 0.25) is 0 Å². The number of carbonyl (C=O) groups is 1. The standard InChI is InChI=1S/C19H16N4O2S/c20-9-8-12-4-6-13(7-5-12)22-16(24)10-23-11-21-18-17(19(23)25)14-2-1-3-15(14)26-18/h4-7,11H,1-3,8,10H2,(H,22,24). The van der Waals surface area contributed by atoms with E-state index in [1.807, 2.05) is 0 Å². The molecule has 2 heterocycles. The molecular formula is C19H16N4O2S. The van der Waals surface area contributed by atoms with Crippen molar-refractivity contribution < 1.29 is 4.79 Å². The fourth-order valence-electron chi connectivity index (χ4n) is 3.28. The van der Waals surface area contributed by atoms with Crippen molar-refractivity contribution in [2.45, 2.75) is 32.2 Å². The third kappa shape index (κ3) is 3.00. The van der Waals surface area contributed by atoms with Gasteiger partial charge in [-0.05, 0) is 42.5 Å². The summed E-state index contributed by atoms with van der Waals surface area (Å²) >= 11 is 1.59. The van der Waals surface area contributed by atoms with E-state index in [1.165, 1.54) is 15.8 Å². The second kappa shape index (κ2) is 6.73. The summed E-state index contributed by atoms with van der Waals surface area (Å²) in [5, 5.41) is 12.1. The highest BCUT2D eigenvalue weighted by atomic mass is 32.1. The predicted molar refractivity (Wildman–Crippen MR) is 100 cm³/mol. The number of aromatic nitrogens is 2. The summed E-state index contributed by atoms with van der Waals surface area (Å²) in [6.07, 6.45) is 4.79. The number of benzene rings is 1. The van der Waals surface area contributed by atoms with Gasteiger partial charge in [0.2, 0.25) is 5.91 Å². The fraction of sp³-hybridized carbons (Fsp3) is 0.263. The van der Waals surface area contributed by atoms with Crippen LogP contribution in [0.3, 0.4) is 0 Å². The van der Waals surface area contributed by atoms with Gasteiger partial charge in [0.25, 0.3) is 5.56 Å². The minimum Gasteiger partial charge on any atom is -0.325 e. The second-order valence-electron chi connectivity index (χ2n) is 6.30. The maximum atomic E-state index is 12.8. The molecule has 1 amide bonds. The van der Waals surface area contributed by atoms with E-state index in [9.17, 15) is 9.59 Å². The molecule has 1 N–H and O–H groups in total. The van der Waals surface area contributed by atoms with E-state index in [-0.39, 0.29) is 18.0 Å². The van der Waals surface area contributed by atoms with Crippen LogP contribution in [0.5, 0.6) is 0 Å². The highest BCUT2D eigenvalue weighted by Crippen LogP contribution is 2.34. The number of thiophene rings is 1. The van der Waals surface area contributed by atoms with Crippen molar-refractivity contribution in [1.82, 2.24) is 9.55 Å². The van der Waals surface area contributed by atoms with E-state index < -0.39 is 0 Å². The van der Waals surface area contributed by atoms with Crippen LogP contribution in [0.4, 0.5) is 5.69 Å². The number of rotatable bonds is 4. The summed E-state index contributed by atoms with van der Waals surface area (Å²) in [6.45, 7) is -0.0770. The molecule has 0 aliphatic heterocycles. The Hall–Kier alpha value is -2.98. The van der Waals surface area contributed by atoms with Gasteiger partial charge in [-0.15, -0.1) is 11.3 Å². The quantitative estimate of drug-likeness (QED) is 0.771. The molecule has 0 radical (unpaired) electrons. The van der Waals surface area contributed by atoms with Crippen molar-refractivity contribution in [2.24, 2.45) is 0 Å². The Labute approximate surface area is 153 Å². The summed E-state index contributed by atoms with van der Waals surface area (Å²) in [7, 11) is 0. The van der Waals surface area contributed by atoms with Crippen LogP contribution in [0.25, 0.3) is 10.2 Å². The van der Waals surface area contributed by atoms with Gasteiger partial charge in [-0.2, -0.15) is 5.26 Å².